The number of anilines is 1. The lowest BCUT2D eigenvalue weighted by Crippen LogP contribution is -2.57. The average Bonchev–Trinajstić information content (AvgIpc) is 3.11. The van der Waals surface area contributed by atoms with Crippen molar-refractivity contribution in [2.75, 3.05) is 18.4 Å². The van der Waals surface area contributed by atoms with Crippen molar-refractivity contribution in [3.8, 4) is 11.8 Å². The maximum absolute atomic E-state index is 12.1. The second-order valence-corrected chi connectivity index (χ2v) is 8.06. The number of aromatic nitrogens is 4. The lowest BCUT2D eigenvalue weighted by atomic mass is 10.0. The van der Waals surface area contributed by atoms with Crippen LogP contribution in [0.25, 0.3) is 5.95 Å². The normalized spacial score (nSPS) is 19.3. The second kappa shape index (κ2) is 8.23. The Kier molecular flexibility index (Phi) is 5.51. The van der Waals surface area contributed by atoms with Gasteiger partial charge in [0, 0.05) is 24.2 Å². The summed E-state index contributed by atoms with van der Waals surface area (Å²) in [5.41, 5.74) is 0.897. The molecule has 1 N–H and O–H groups in total. The van der Waals surface area contributed by atoms with Crippen LogP contribution < -0.4 is 10.1 Å². The molecule has 154 valence electrons. The van der Waals surface area contributed by atoms with E-state index in [4.69, 9.17) is 4.74 Å². The third kappa shape index (κ3) is 4.58. The first-order valence-electron chi connectivity index (χ1n) is 10.3. The van der Waals surface area contributed by atoms with Crippen molar-refractivity contribution in [3.05, 3.63) is 36.2 Å². The molecule has 1 unspecified atom stereocenters. The molecule has 1 aliphatic heterocycles. The summed E-state index contributed by atoms with van der Waals surface area (Å²) in [5.74, 6) is 1.86. The zero-order chi connectivity index (χ0) is 20.4. The molecule has 2 aromatic rings. The van der Waals surface area contributed by atoms with Crippen LogP contribution in [0.15, 0.2) is 30.5 Å². The van der Waals surface area contributed by atoms with Gasteiger partial charge in [-0.15, -0.1) is 0 Å². The Morgan fingerprint density at radius 2 is 2.10 bits per heavy atom. The molecule has 8 nitrogen and oxygen atoms in total. The summed E-state index contributed by atoms with van der Waals surface area (Å²) in [4.78, 5) is 23.1. The van der Waals surface area contributed by atoms with Gasteiger partial charge in [-0.25, -0.2) is 4.68 Å². The van der Waals surface area contributed by atoms with Gasteiger partial charge in [0.1, 0.15) is 11.9 Å². The van der Waals surface area contributed by atoms with Crippen LogP contribution >= 0.6 is 0 Å². The van der Waals surface area contributed by atoms with E-state index in [-0.39, 0.29) is 17.9 Å². The number of nitrogens with one attached hydrogen (secondary N) is 1. The molecule has 0 saturated carbocycles. The molecule has 2 aromatic heterocycles. The average molecular weight is 396 g/mol. The van der Waals surface area contributed by atoms with Gasteiger partial charge in [-0.1, -0.05) is 26.0 Å². The summed E-state index contributed by atoms with van der Waals surface area (Å²) < 4.78 is 7.73. The lowest BCUT2D eigenvalue weighted by Gasteiger charge is -2.39. The van der Waals surface area contributed by atoms with E-state index in [1.165, 1.54) is 0 Å². The SMILES string of the molecule is Cc1ccn(-c2nc(NC3CC=CCC3)cc(OC3CN(C(=O)C(C)C)C3)n2)n1. The molecule has 1 atom stereocenters. The fraction of sp³-hybridized carbons (Fsp3) is 0.524. The molecule has 1 fully saturated rings. The van der Waals surface area contributed by atoms with E-state index in [9.17, 15) is 4.79 Å². The van der Waals surface area contributed by atoms with Gasteiger partial charge in [0.15, 0.2) is 0 Å². The number of likely N-dealkylation sites (tertiary alicyclic amines) is 1. The number of ether oxygens (including phenoxy) is 1. The Balaban J connectivity index is 1.50. The number of hydrogen-bond acceptors (Lipinski definition) is 6. The van der Waals surface area contributed by atoms with Crippen molar-refractivity contribution in [2.24, 2.45) is 5.92 Å². The molecule has 29 heavy (non-hydrogen) atoms. The summed E-state index contributed by atoms with van der Waals surface area (Å²) in [6.07, 6.45) is 9.32. The fourth-order valence-electron chi connectivity index (χ4n) is 3.54. The van der Waals surface area contributed by atoms with Crippen LogP contribution in [0.1, 0.15) is 38.8 Å². The van der Waals surface area contributed by atoms with Crippen LogP contribution in [-0.2, 0) is 4.79 Å². The fourth-order valence-corrected chi connectivity index (χ4v) is 3.54. The zero-order valence-electron chi connectivity index (χ0n) is 17.2. The molecular weight excluding hydrogens is 368 g/mol. The van der Waals surface area contributed by atoms with Crippen molar-refractivity contribution in [2.45, 2.75) is 52.2 Å². The molecular formula is C21H28N6O2. The largest absolute Gasteiger partial charge is 0.470 e. The van der Waals surface area contributed by atoms with Gasteiger partial charge in [0.25, 0.3) is 5.95 Å². The van der Waals surface area contributed by atoms with Crippen LogP contribution in [0.2, 0.25) is 0 Å². The quantitative estimate of drug-likeness (QED) is 0.756. The molecule has 0 radical (unpaired) electrons. The molecule has 8 heteroatoms. The molecule has 0 spiro atoms. The maximum atomic E-state index is 12.1. The predicted molar refractivity (Wildman–Crippen MR) is 110 cm³/mol. The minimum atomic E-state index is -0.0507. The lowest BCUT2D eigenvalue weighted by molar-refractivity contribution is -0.143. The summed E-state index contributed by atoms with van der Waals surface area (Å²) >= 11 is 0. The summed E-state index contributed by atoms with van der Waals surface area (Å²) in [5, 5.41) is 7.92. The number of carbonyl (C=O) groups is 1. The first-order valence-corrected chi connectivity index (χ1v) is 10.3. The third-order valence-corrected chi connectivity index (χ3v) is 5.18. The molecule has 1 saturated heterocycles. The van der Waals surface area contributed by atoms with Gasteiger partial charge < -0.3 is 15.0 Å². The van der Waals surface area contributed by atoms with Crippen molar-refractivity contribution in [3.63, 3.8) is 0 Å². The number of amides is 1. The van der Waals surface area contributed by atoms with E-state index in [1.807, 2.05) is 44.0 Å². The van der Waals surface area contributed by atoms with Gasteiger partial charge in [-0.3, -0.25) is 4.79 Å². The minimum Gasteiger partial charge on any atom is -0.470 e. The monoisotopic (exact) mass is 396 g/mol. The standard InChI is InChI=1S/C21H28N6O2/c1-14(2)20(28)26-12-17(13-26)29-19-11-18(22-16-7-5-4-6-8-16)23-21(24-19)27-10-9-15(3)25-27/h4-5,9-11,14,16-17H,6-8,12-13H2,1-3H3,(H,22,23,24). The Morgan fingerprint density at radius 1 is 1.28 bits per heavy atom. The smallest absolute Gasteiger partial charge is 0.255 e. The Labute approximate surface area is 171 Å². The number of nitrogens with zero attached hydrogens (tertiary/aromatic N) is 5. The Morgan fingerprint density at radius 3 is 2.76 bits per heavy atom. The highest BCUT2D eigenvalue weighted by Crippen LogP contribution is 2.23. The Bertz CT molecular complexity index is 900. The van der Waals surface area contributed by atoms with Crippen LogP contribution in [0.4, 0.5) is 5.82 Å². The topological polar surface area (TPSA) is 85.2 Å². The van der Waals surface area contributed by atoms with Gasteiger partial charge in [-0.05, 0) is 32.3 Å². The van der Waals surface area contributed by atoms with Crippen LogP contribution in [0, 0.1) is 12.8 Å². The van der Waals surface area contributed by atoms with E-state index in [2.05, 4.69) is 32.5 Å². The van der Waals surface area contributed by atoms with E-state index in [0.717, 1.165) is 30.8 Å². The van der Waals surface area contributed by atoms with E-state index in [1.54, 1.807) is 4.68 Å². The molecule has 1 aliphatic carbocycles. The van der Waals surface area contributed by atoms with Gasteiger partial charge in [0.2, 0.25) is 11.8 Å². The van der Waals surface area contributed by atoms with Crippen LogP contribution in [0.5, 0.6) is 5.88 Å². The number of hydrogen-bond donors (Lipinski definition) is 1. The highest BCUT2D eigenvalue weighted by molar-refractivity contribution is 5.79. The first kappa shape index (κ1) is 19.4. The molecule has 1 amide bonds. The number of carbonyl (C=O) groups excluding carboxylic acids is 1. The summed E-state index contributed by atoms with van der Waals surface area (Å²) in [6.45, 7) is 6.94. The number of aryl methyl sites for hydroxylation is 1. The highest BCUT2D eigenvalue weighted by atomic mass is 16.5. The van der Waals surface area contributed by atoms with E-state index < -0.39 is 0 Å². The number of allylic oxidation sites excluding steroid dienone is 1. The summed E-state index contributed by atoms with van der Waals surface area (Å²) in [7, 11) is 0. The first-order chi connectivity index (χ1) is 14.0. The van der Waals surface area contributed by atoms with Crippen molar-refractivity contribution in [1.29, 1.82) is 0 Å². The molecule has 4 rings (SSSR count). The van der Waals surface area contributed by atoms with Gasteiger partial charge in [0.05, 0.1) is 18.8 Å². The maximum Gasteiger partial charge on any atom is 0.255 e. The predicted octanol–water partition coefficient (Wildman–Crippen LogP) is 2.74. The molecule has 0 aromatic carbocycles. The van der Waals surface area contributed by atoms with Gasteiger partial charge in [-0.2, -0.15) is 15.1 Å². The van der Waals surface area contributed by atoms with Crippen molar-refractivity contribution >= 4 is 11.7 Å². The zero-order valence-corrected chi connectivity index (χ0v) is 17.2. The minimum absolute atomic E-state index is 0.00463. The van der Waals surface area contributed by atoms with Crippen LogP contribution in [-0.4, -0.2) is 55.8 Å². The highest BCUT2D eigenvalue weighted by Gasteiger charge is 2.33. The van der Waals surface area contributed by atoms with Crippen LogP contribution in [0.3, 0.4) is 0 Å². The van der Waals surface area contributed by atoms with E-state index >= 15 is 0 Å². The molecule has 3 heterocycles. The Hall–Kier alpha value is -2.90. The van der Waals surface area contributed by atoms with Crippen molar-refractivity contribution < 1.29 is 9.53 Å². The molecule has 2 aliphatic rings. The third-order valence-electron chi connectivity index (χ3n) is 5.18. The van der Waals surface area contributed by atoms with E-state index in [0.29, 0.717) is 31.0 Å². The second-order valence-electron chi connectivity index (χ2n) is 8.06. The van der Waals surface area contributed by atoms with Crippen molar-refractivity contribution in [1.82, 2.24) is 24.6 Å². The summed E-state index contributed by atoms with van der Waals surface area (Å²) in [6, 6.07) is 4.10. The number of rotatable bonds is 6. The molecule has 0 bridgehead atoms. The van der Waals surface area contributed by atoms with Gasteiger partial charge >= 0.3 is 0 Å².